The predicted molar refractivity (Wildman–Crippen MR) is 80.8 cm³/mol. The fourth-order valence-corrected chi connectivity index (χ4v) is 3.62. The lowest BCUT2D eigenvalue weighted by Gasteiger charge is -2.10. The van der Waals surface area contributed by atoms with Crippen molar-refractivity contribution in [1.82, 2.24) is 9.55 Å². The topological polar surface area (TPSA) is 17.8 Å². The second-order valence-corrected chi connectivity index (χ2v) is 7.05. The molecule has 0 radical (unpaired) electrons. The number of aryl methyl sites for hydroxylation is 1. The Hall–Kier alpha value is -1.02. The number of para-hydroxylation sites is 2. The maximum atomic E-state index is 5.95. The van der Waals surface area contributed by atoms with Gasteiger partial charge in [-0.2, -0.15) is 0 Å². The molecule has 1 aromatic carbocycles. The Bertz CT molecular complexity index is 611. The van der Waals surface area contributed by atoms with Crippen LogP contribution in [0, 0.1) is 10.8 Å². The summed E-state index contributed by atoms with van der Waals surface area (Å²) >= 11 is 5.95. The maximum Gasteiger partial charge on any atom is 0.111 e. The third-order valence-electron chi connectivity index (χ3n) is 5.19. The Morgan fingerprint density at radius 1 is 1.16 bits per heavy atom. The van der Waals surface area contributed by atoms with E-state index in [2.05, 4.69) is 50.5 Å². The standard InChI is InChI=1S/C16H21ClN2/c1-15(2)14(16(15,3)4)19-12-8-6-5-7-11(12)18-13(19)9-10-17/h5-8,14H,9-10H2,1-4H3. The Kier molecular flexibility index (Phi) is 2.72. The Morgan fingerprint density at radius 3 is 2.37 bits per heavy atom. The molecule has 0 amide bonds. The fraction of sp³-hybridized carbons (Fsp3) is 0.562. The molecule has 1 aliphatic rings. The van der Waals surface area contributed by atoms with Crippen molar-refractivity contribution >= 4 is 22.6 Å². The van der Waals surface area contributed by atoms with Crippen LogP contribution >= 0.6 is 11.6 Å². The van der Waals surface area contributed by atoms with Crippen LogP contribution in [-0.4, -0.2) is 15.4 Å². The molecule has 3 heteroatoms. The largest absolute Gasteiger partial charge is 0.324 e. The molecule has 0 saturated heterocycles. The molecular formula is C16H21ClN2. The molecule has 0 spiro atoms. The van der Waals surface area contributed by atoms with E-state index in [1.54, 1.807) is 0 Å². The summed E-state index contributed by atoms with van der Waals surface area (Å²) in [5.74, 6) is 1.75. The van der Waals surface area contributed by atoms with Gasteiger partial charge in [0.2, 0.25) is 0 Å². The lowest BCUT2D eigenvalue weighted by Crippen LogP contribution is -2.07. The molecule has 0 bridgehead atoms. The third kappa shape index (κ3) is 1.66. The number of halogens is 1. The van der Waals surface area contributed by atoms with E-state index in [4.69, 9.17) is 16.6 Å². The van der Waals surface area contributed by atoms with Crippen molar-refractivity contribution in [3.63, 3.8) is 0 Å². The molecule has 0 unspecified atom stereocenters. The van der Waals surface area contributed by atoms with Crippen LogP contribution in [0.3, 0.4) is 0 Å². The van der Waals surface area contributed by atoms with Gasteiger partial charge in [0.15, 0.2) is 0 Å². The number of imidazole rings is 1. The van der Waals surface area contributed by atoms with Gasteiger partial charge in [-0.15, -0.1) is 11.6 Å². The van der Waals surface area contributed by atoms with Crippen LogP contribution in [-0.2, 0) is 6.42 Å². The van der Waals surface area contributed by atoms with E-state index >= 15 is 0 Å². The van der Waals surface area contributed by atoms with Crippen molar-refractivity contribution in [3.05, 3.63) is 30.1 Å². The van der Waals surface area contributed by atoms with Crippen LogP contribution in [0.1, 0.15) is 39.6 Å². The number of nitrogens with zero attached hydrogens (tertiary/aromatic N) is 2. The molecule has 102 valence electrons. The van der Waals surface area contributed by atoms with Crippen LogP contribution in [0.2, 0.25) is 0 Å². The lowest BCUT2D eigenvalue weighted by atomic mass is 10.0. The van der Waals surface area contributed by atoms with Gasteiger partial charge in [-0.1, -0.05) is 39.8 Å². The second-order valence-electron chi connectivity index (χ2n) is 6.67. The molecule has 0 atom stereocenters. The monoisotopic (exact) mass is 276 g/mol. The Balaban J connectivity index is 2.20. The number of rotatable bonds is 3. The predicted octanol–water partition coefficient (Wildman–Crippen LogP) is 4.42. The molecule has 1 aromatic heterocycles. The van der Waals surface area contributed by atoms with Crippen LogP contribution in [0.15, 0.2) is 24.3 Å². The highest BCUT2D eigenvalue weighted by Crippen LogP contribution is 2.72. The zero-order valence-electron chi connectivity index (χ0n) is 12.1. The highest BCUT2D eigenvalue weighted by atomic mass is 35.5. The van der Waals surface area contributed by atoms with Crippen molar-refractivity contribution in [3.8, 4) is 0 Å². The first-order chi connectivity index (χ1) is 8.91. The summed E-state index contributed by atoms with van der Waals surface area (Å²) in [6, 6.07) is 8.91. The zero-order chi connectivity index (χ0) is 13.8. The summed E-state index contributed by atoms with van der Waals surface area (Å²) in [6.07, 6.45) is 0.832. The van der Waals surface area contributed by atoms with Gasteiger partial charge in [0, 0.05) is 18.3 Å². The molecular weight excluding hydrogens is 256 g/mol. The summed E-state index contributed by atoms with van der Waals surface area (Å²) in [7, 11) is 0. The van der Waals surface area contributed by atoms with E-state index in [-0.39, 0.29) is 0 Å². The summed E-state index contributed by atoms with van der Waals surface area (Å²) in [5.41, 5.74) is 2.93. The molecule has 1 saturated carbocycles. The number of aromatic nitrogens is 2. The van der Waals surface area contributed by atoms with Gasteiger partial charge in [0.05, 0.1) is 11.0 Å². The number of hydrogen-bond acceptors (Lipinski definition) is 1. The molecule has 1 fully saturated rings. The highest BCUT2D eigenvalue weighted by molar-refractivity contribution is 6.17. The molecule has 3 rings (SSSR count). The second kappa shape index (κ2) is 3.99. The Morgan fingerprint density at radius 2 is 1.79 bits per heavy atom. The van der Waals surface area contributed by atoms with Crippen LogP contribution < -0.4 is 0 Å². The number of fused-ring (bicyclic) bond motifs is 1. The molecule has 2 nitrogen and oxygen atoms in total. The third-order valence-corrected chi connectivity index (χ3v) is 5.38. The van der Waals surface area contributed by atoms with Gasteiger partial charge in [0.25, 0.3) is 0 Å². The number of benzene rings is 1. The molecule has 0 N–H and O–H groups in total. The van der Waals surface area contributed by atoms with Crippen molar-refractivity contribution in [2.24, 2.45) is 10.8 Å². The zero-order valence-corrected chi connectivity index (χ0v) is 12.8. The molecule has 1 aliphatic carbocycles. The minimum atomic E-state index is 0.303. The summed E-state index contributed by atoms with van der Waals surface area (Å²) in [5, 5.41) is 0. The smallest absolute Gasteiger partial charge is 0.111 e. The van der Waals surface area contributed by atoms with Gasteiger partial charge >= 0.3 is 0 Å². The van der Waals surface area contributed by atoms with Crippen molar-refractivity contribution in [2.75, 3.05) is 5.88 Å². The highest BCUT2D eigenvalue weighted by Gasteiger charge is 2.66. The average molecular weight is 277 g/mol. The average Bonchev–Trinajstić information content (AvgIpc) is 2.65. The van der Waals surface area contributed by atoms with E-state index in [0.717, 1.165) is 17.8 Å². The quantitative estimate of drug-likeness (QED) is 0.759. The fourth-order valence-electron chi connectivity index (χ4n) is 3.45. The summed E-state index contributed by atoms with van der Waals surface area (Å²) < 4.78 is 2.43. The van der Waals surface area contributed by atoms with Gasteiger partial charge in [-0.25, -0.2) is 4.98 Å². The van der Waals surface area contributed by atoms with E-state index in [1.807, 2.05) is 6.07 Å². The molecule has 19 heavy (non-hydrogen) atoms. The SMILES string of the molecule is CC1(C)C(n2c(CCCl)nc3ccccc32)C1(C)C. The van der Waals surface area contributed by atoms with Crippen molar-refractivity contribution in [2.45, 2.75) is 40.2 Å². The Labute approximate surface area is 119 Å². The first-order valence-electron chi connectivity index (χ1n) is 6.93. The lowest BCUT2D eigenvalue weighted by molar-refractivity contribution is 0.457. The van der Waals surface area contributed by atoms with Gasteiger partial charge in [-0.05, 0) is 23.0 Å². The molecule has 2 aromatic rings. The van der Waals surface area contributed by atoms with Gasteiger partial charge < -0.3 is 4.57 Å². The van der Waals surface area contributed by atoms with Gasteiger partial charge in [0.1, 0.15) is 5.82 Å². The maximum absolute atomic E-state index is 5.95. The van der Waals surface area contributed by atoms with Crippen LogP contribution in [0.5, 0.6) is 0 Å². The summed E-state index contributed by atoms with van der Waals surface area (Å²) in [6.45, 7) is 9.38. The van der Waals surface area contributed by atoms with E-state index in [1.165, 1.54) is 5.52 Å². The first kappa shape index (κ1) is 13.0. The van der Waals surface area contributed by atoms with Crippen molar-refractivity contribution in [1.29, 1.82) is 0 Å². The van der Waals surface area contributed by atoms with Crippen LogP contribution in [0.4, 0.5) is 0 Å². The molecule has 1 heterocycles. The minimum absolute atomic E-state index is 0.303. The van der Waals surface area contributed by atoms with Crippen LogP contribution in [0.25, 0.3) is 11.0 Å². The number of alkyl halides is 1. The van der Waals surface area contributed by atoms with E-state index in [0.29, 0.717) is 22.8 Å². The molecule has 0 aliphatic heterocycles. The van der Waals surface area contributed by atoms with E-state index < -0.39 is 0 Å². The first-order valence-corrected chi connectivity index (χ1v) is 7.46. The number of hydrogen-bond donors (Lipinski definition) is 0. The van der Waals surface area contributed by atoms with Crippen molar-refractivity contribution < 1.29 is 0 Å². The summed E-state index contributed by atoms with van der Waals surface area (Å²) in [4.78, 5) is 4.77. The normalized spacial score (nSPS) is 20.9. The van der Waals surface area contributed by atoms with E-state index in [9.17, 15) is 0 Å². The minimum Gasteiger partial charge on any atom is -0.324 e. The van der Waals surface area contributed by atoms with Gasteiger partial charge in [-0.3, -0.25) is 0 Å².